The maximum atomic E-state index is 14.3. The molecule has 0 aliphatic carbocycles. The molecule has 4 aliphatic rings. The Labute approximate surface area is 763 Å². The van der Waals surface area contributed by atoms with E-state index < -0.39 is 123 Å². The Hall–Kier alpha value is -5.66. The number of nitrogens with zero attached hydrogens (tertiary/aromatic N) is 1. The fourth-order valence-corrected chi connectivity index (χ4v) is 16.4. The van der Waals surface area contributed by atoms with E-state index in [0.717, 1.165) is 77.0 Å². The molecule has 18 atom stereocenters. The van der Waals surface area contributed by atoms with Crippen molar-refractivity contribution >= 4 is 59.0 Å². The predicted molar refractivity (Wildman–Crippen MR) is 471 cm³/mol. The van der Waals surface area contributed by atoms with Gasteiger partial charge in [0.25, 0.3) is 0 Å². The number of methoxy groups -OCH3 is 2. The first kappa shape index (κ1) is 116. The number of unbranched alkanes of at least 4 members (excludes halogenated alkanes) is 15. The summed E-state index contributed by atoms with van der Waals surface area (Å²) in [7, 11) is 3.24. The summed E-state index contributed by atoms with van der Waals surface area (Å²) in [5.41, 5.74) is -0.671. The van der Waals surface area contributed by atoms with Gasteiger partial charge in [0.15, 0.2) is 24.7 Å². The summed E-state index contributed by atoms with van der Waals surface area (Å²) in [5.74, 6) is -2.97. The highest BCUT2D eigenvalue weighted by molar-refractivity contribution is 5.85. The molecule has 0 aromatic heterocycles. The van der Waals surface area contributed by atoms with E-state index in [1.165, 1.54) is 0 Å². The number of aliphatic hydroxyl groups is 9. The zero-order chi connectivity index (χ0) is 94.4. The molecule has 4 heterocycles. The zero-order valence-electron chi connectivity index (χ0n) is 77.9. The number of hydrogen-bond donors (Lipinski definition) is 13. The number of amides is 5. The van der Waals surface area contributed by atoms with Crippen molar-refractivity contribution in [3.8, 4) is 0 Å². The predicted octanol–water partition coefficient (Wildman–Crippen LogP) is 5.63. The first-order chi connectivity index (χ1) is 62.2. The van der Waals surface area contributed by atoms with Crippen LogP contribution in [0.5, 0.6) is 0 Å². The molecule has 4 rings (SSSR count). The molecule has 13 N–H and O–H groups in total. The van der Waals surface area contributed by atoms with Crippen molar-refractivity contribution in [1.82, 2.24) is 26.2 Å². The second kappa shape index (κ2) is 70.1. The third-order valence-electron chi connectivity index (χ3n) is 24.5. The average Bonchev–Trinajstić information content (AvgIpc) is 1.68. The van der Waals surface area contributed by atoms with E-state index >= 15 is 0 Å². The fraction of sp³-hybridized carbons (Fsp3) is 0.891. The summed E-state index contributed by atoms with van der Waals surface area (Å²) in [6.45, 7) is 7.42. The molecular formula is C92H163N5O32. The lowest BCUT2D eigenvalue weighted by atomic mass is 9.71. The van der Waals surface area contributed by atoms with Crippen molar-refractivity contribution in [3.63, 3.8) is 0 Å². The summed E-state index contributed by atoms with van der Waals surface area (Å²) >= 11 is 0. The van der Waals surface area contributed by atoms with Gasteiger partial charge in [-0.2, -0.15) is 0 Å². The highest BCUT2D eigenvalue weighted by Gasteiger charge is 2.46. The highest BCUT2D eigenvalue weighted by atomic mass is 16.7. The molecule has 37 nitrogen and oxygen atoms in total. The monoisotopic (exact) mass is 1850 g/mol. The molecule has 37 heteroatoms. The summed E-state index contributed by atoms with van der Waals surface area (Å²) in [5, 5.41) is 101. The molecule has 0 aromatic rings. The summed E-state index contributed by atoms with van der Waals surface area (Å²) in [6, 6.07) is -0.0340. The minimum absolute atomic E-state index is 0.0154. The largest absolute Gasteiger partial charge is 0.466 e. The van der Waals surface area contributed by atoms with E-state index in [1.54, 1.807) is 39.9 Å². The van der Waals surface area contributed by atoms with Crippen LogP contribution in [0.25, 0.3) is 0 Å². The van der Waals surface area contributed by atoms with Gasteiger partial charge in [0.05, 0.1) is 116 Å². The highest BCUT2D eigenvalue weighted by Crippen LogP contribution is 2.41. The number of ketones is 3. The number of aliphatic hydroxyl groups excluding tert-OH is 9. The molecule has 4 saturated heterocycles. The van der Waals surface area contributed by atoms with E-state index in [9.17, 15) is 93.9 Å². The zero-order valence-corrected chi connectivity index (χ0v) is 77.9. The lowest BCUT2D eigenvalue weighted by Gasteiger charge is -2.40. The Morgan fingerprint density at radius 1 is 0.372 bits per heavy atom. The van der Waals surface area contributed by atoms with Crippen LogP contribution in [0.2, 0.25) is 0 Å². The third-order valence-corrected chi connectivity index (χ3v) is 24.5. The standard InChI is InChI=1S/C92H163N5O32/c1-65-82(110)85(113)73(60-98)127-88(65)123-49-26-33-69(101)31-16-9-6-14-24-46-96-91(116)126-53-30-43-92(42-29-52-122-81(109)38-18-11-8-13-23-45-94-77(105)35-28-51-125-90-67(3)84(112)87(115)75(62-100)129-90,41-21-15-25-48-121-80(108)37-17-10-7-12-22-44-93-76(104)34-27-50-124-89-66(2)83(111)86(114)74(61-99)128-89)58-70(102)39-40-78(106)95-47-54-119-55-56-120-64-71(103)32-19-20-36-79(107)97-59-72(118-5)57-68(97)63-117-4/h65-68,72-75,82-90,98-100,110-115H,6-64H2,1-5H3,(H,93,104)(H,94,105)(H,95,106)(H,96,116)/t65?,66?,67?,68-,72+,73?,74?,75?,82?,83?,84?,85?,86?,87?,88?,89?,90?,92?/m1/s1. The summed E-state index contributed by atoms with van der Waals surface area (Å²) in [4.78, 5) is 132. The van der Waals surface area contributed by atoms with E-state index in [4.69, 9.17) is 61.6 Å². The Balaban J connectivity index is 1.25. The van der Waals surface area contributed by atoms with Crippen molar-refractivity contribution in [1.29, 1.82) is 0 Å². The first-order valence-corrected chi connectivity index (χ1v) is 48.0. The SMILES string of the molecule is COC[C@H]1C[C@H](OC)CN1C(=O)CCCCC(=O)COCCOCCNC(=O)CCC(=O)CC(CCCCCOC(=O)CCCCCCCNC(=O)CCCOC1OC(CO)C(O)C(O)C1C)(CCCOC(=O)CCCCCCCNC(=O)CCCOC1OC(CO)C(O)C(O)C1C)CCCOC(=O)NCCCCCCCC(=O)CCCOC1OC(CO)C(O)C(O)C1C. The molecule has 0 aromatic carbocycles. The molecule has 0 radical (unpaired) electrons. The van der Waals surface area contributed by atoms with Gasteiger partial charge >= 0.3 is 18.0 Å². The summed E-state index contributed by atoms with van der Waals surface area (Å²) < 4.78 is 73.0. The molecule has 129 heavy (non-hydrogen) atoms. The lowest BCUT2D eigenvalue weighted by molar-refractivity contribution is -0.282. The van der Waals surface area contributed by atoms with Crippen molar-refractivity contribution in [2.24, 2.45) is 23.2 Å². The molecule has 4 aliphatic heterocycles. The molecule has 0 saturated carbocycles. The number of carbonyl (C=O) groups is 10. The number of rotatable bonds is 77. The summed E-state index contributed by atoms with van der Waals surface area (Å²) in [6.07, 6.45) is 7.99. The Morgan fingerprint density at radius 2 is 0.775 bits per heavy atom. The average molecular weight is 1850 g/mol. The second-order valence-corrected chi connectivity index (χ2v) is 35.2. The van der Waals surface area contributed by atoms with Gasteiger partial charge < -0.3 is 134 Å². The number of hydrogen-bond acceptors (Lipinski definition) is 32. The molecule has 748 valence electrons. The van der Waals surface area contributed by atoms with E-state index in [2.05, 4.69) is 21.3 Å². The molecule has 0 bridgehead atoms. The van der Waals surface area contributed by atoms with Crippen LogP contribution in [0.4, 0.5) is 4.79 Å². The van der Waals surface area contributed by atoms with Gasteiger partial charge in [0, 0.05) is 135 Å². The van der Waals surface area contributed by atoms with E-state index in [0.29, 0.717) is 161 Å². The smallest absolute Gasteiger partial charge is 0.407 e. The third kappa shape index (κ3) is 49.4. The lowest BCUT2D eigenvalue weighted by Crippen LogP contribution is -2.55. The van der Waals surface area contributed by atoms with Crippen LogP contribution in [0.3, 0.4) is 0 Å². The van der Waals surface area contributed by atoms with Crippen LogP contribution in [0, 0.1) is 23.2 Å². The number of ether oxygens (including phenoxy) is 13. The number of nitrogens with one attached hydrogen (secondary N) is 4. The molecular weight excluding hydrogens is 1690 g/mol. The second-order valence-electron chi connectivity index (χ2n) is 35.2. The van der Waals surface area contributed by atoms with Crippen molar-refractivity contribution in [2.75, 3.05) is 139 Å². The van der Waals surface area contributed by atoms with E-state index in [-0.39, 0.29) is 189 Å². The van der Waals surface area contributed by atoms with Crippen molar-refractivity contribution in [3.05, 3.63) is 0 Å². The Kier molecular flexibility index (Phi) is 62.8. The number of Topliss-reactive ketones (excluding diaryl/α,β-unsaturated/α-hetero) is 3. The van der Waals surface area contributed by atoms with Crippen molar-refractivity contribution in [2.45, 2.75) is 364 Å². The van der Waals surface area contributed by atoms with Crippen LogP contribution in [-0.4, -0.2) is 335 Å². The van der Waals surface area contributed by atoms with Gasteiger partial charge in [-0.25, -0.2) is 4.79 Å². The number of alkyl carbamates (subject to hydrolysis) is 1. The van der Waals surface area contributed by atoms with Crippen molar-refractivity contribution < 1.29 is 155 Å². The van der Waals surface area contributed by atoms with Crippen LogP contribution in [0.15, 0.2) is 0 Å². The molecule has 4 fully saturated rings. The van der Waals surface area contributed by atoms with Crippen LogP contribution in [0.1, 0.15) is 278 Å². The fourth-order valence-electron chi connectivity index (χ4n) is 16.4. The van der Waals surface area contributed by atoms with Crippen LogP contribution >= 0.6 is 0 Å². The van der Waals surface area contributed by atoms with Gasteiger partial charge in [0.2, 0.25) is 23.6 Å². The van der Waals surface area contributed by atoms with Gasteiger partial charge in [-0.15, -0.1) is 0 Å². The first-order valence-electron chi connectivity index (χ1n) is 48.0. The Bertz CT molecular complexity index is 2980. The van der Waals surface area contributed by atoms with Crippen LogP contribution < -0.4 is 21.3 Å². The molecule has 16 unspecified atom stereocenters. The Morgan fingerprint density at radius 3 is 1.28 bits per heavy atom. The number of carbonyl (C=O) groups excluding carboxylic acids is 10. The minimum Gasteiger partial charge on any atom is -0.466 e. The molecule has 0 spiro atoms. The normalized spacial score (nSPS) is 24.4. The van der Waals surface area contributed by atoms with Gasteiger partial charge in [0.1, 0.15) is 54.8 Å². The quantitative estimate of drug-likeness (QED) is 0.0199. The van der Waals surface area contributed by atoms with Gasteiger partial charge in [-0.3, -0.25) is 43.2 Å². The maximum absolute atomic E-state index is 14.3. The van der Waals surface area contributed by atoms with E-state index in [1.807, 2.05) is 0 Å². The van der Waals surface area contributed by atoms with Crippen LogP contribution in [-0.2, 0) is 105 Å². The number of likely N-dealkylation sites (tertiary alicyclic amines) is 1. The minimum atomic E-state index is -1.23. The van der Waals surface area contributed by atoms with Gasteiger partial charge in [-0.05, 0) is 121 Å². The molecule has 5 amide bonds. The topological polar surface area (TPSA) is 524 Å². The maximum Gasteiger partial charge on any atom is 0.407 e. The number of esters is 2. The van der Waals surface area contributed by atoms with Gasteiger partial charge in [-0.1, -0.05) is 91.4 Å².